The molecule has 0 bridgehead atoms. The van der Waals surface area contributed by atoms with Gasteiger partial charge in [0.25, 0.3) is 5.91 Å². The van der Waals surface area contributed by atoms with E-state index in [0.29, 0.717) is 37.4 Å². The lowest BCUT2D eigenvalue weighted by atomic mass is 9.96. The highest BCUT2D eigenvalue weighted by molar-refractivity contribution is 5.94. The number of rotatable bonds is 4. The molecule has 0 spiro atoms. The number of carbonyl (C=O) groups is 2. The minimum absolute atomic E-state index is 0.00920. The summed E-state index contributed by atoms with van der Waals surface area (Å²) in [5, 5.41) is 8.98. The summed E-state index contributed by atoms with van der Waals surface area (Å²) in [6.45, 7) is 5.41. The minimum atomic E-state index is -0.750. The number of carbonyl (C=O) groups excluding carboxylic acids is 1. The van der Waals surface area contributed by atoms with Gasteiger partial charge in [0.05, 0.1) is 5.92 Å². The minimum Gasteiger partial charge on any atom is -0.481 e. The molecule has 1 aliphatic rings. The fraction of sp³-hybridized carbons (Fsp3) is 0.529. The first kappa shape index (κ1) is 15.5. The van der Waals surface area contributed by atoms with Crippen LogP contribution < -0.4 is 0 Å². The maximum absolute atomic E-state index is 12.4. The molecule has 2 rings (SSSR count). The summed E-state index contributed by atoms with van der Waals surface area (Å²) in [4.78, 5) is 25.1. The first-order valence-electron chi connectivity index (χ1n) is 7.58. The van der Waals surface area contributed by atoms with Gasteiger partial charge in [-0.1, -0.05) is 26.0 Å². The van der Waals surface area contributed by atoms with Crippen LogP contribution >= 0.6 is 0 Å². The maximum atomic E-state index is 12.4. The molecule has 0 aliphatic carbocycles. The van der Waals surface area contributed by atoms with Crippen LogP contribution in [-0.2, 0) is 11.2 Å². The number of carboxylic acid groups (broad SMARTS) is 1. The SMILES string of the molecule is CC(C)Cc1ccc(C(=O)N2CCC(C(=O)O)CC2)cc1. The number of hydrogen-bond acceptors (Lipinski definition) is 2. The van der Waals surface area contributed by atoms with Crippen molar-refractivity contribution in [2.75, 3.05) is 13.1 Å². The number of hydrogen-bond donors (Lipinski definition) is 1. The van der Waals surface area contributed by atoms with Crippen molar-refractivity contribution >= 4 is 11.9 Å². The van der Waals surface area contributed by atoms with Gasteiger partial charge in [-0.05, 0) is 42.9 Å². The van der Waals surface area contributed by atoms with E-state index in [1.807, 2.05) is 24.3 Å². The molecule has 1 fully saturated rings. The van der Waals surface area contributed by atoms with Crippen molar-refractivity contribution in [1.29, 1.82) is 0 Å². The Morgan fingerprint density at radius 1 is 1.19 bits per heavy atom. The Bertz CT molecular complexity index is 499. The monoisotopic (exact) mass is 289 g/mol. The lowest BCUT2D eigenvalue weighted by Gasteiger charge is -2.30. The van der Waals surface area contributed by atoms with Gasteiger partial charge >= 0.3 is 5.97 Å². The molecule has 0 radical (unpaired) electrons. The summed E-state index contributed by atoms with van der Waals surface area (Å²) in [7, 11) is 0. The van der Waals surface area contributed by atoms with E-state index in [1.165, 1.54) is 5.56 Å². The van der Waals surface area contributed by atoms with Crippen LogP contribution in [0.15, 0.2) is 24.3 Å². The Hall–Kier alpha value is -1.84. The highest BCUT2D eigenvalue weighted by Gasteiger charge is 2.27. The molecule has 1 N–H and O–H groups in total. The standard InChI is InChI=1S/C17H23NO3/c1-12(2)11-13-3-5-14(6-4-13)16(19)18-9-7-15(8-10-18)17(20)21/h3-6,12,15H,7-11H2,1-2H3,(H,20,21). The summed E-state index contributed by atoms with van der Waals surface area (Å²) in [5.41, 5.74) is 1.93. The lowest BCUT2D eigenvalue weighted by molar-refractivity contribution is -0.143. The molecule has 0 atom stereocenters. The van der Waals surface area contributed by atoms with Crippen molar-refractivity contribution in [3.63, 3.8) is 0 Å². The van der Waals surface area contributed by atoms with Gasteiger partial charge in [-0.25, -0.2) is 0 Å². The van der Waals surface area contributed by atoms with E-state index in [2.05, 4.69) is 13.8 Å². The van der Waals surface area contributed by atoms with Gasteiger partial charge in [0, 0.05) is 18.7 Å². The Labute approximate surface area is 125 Å². The molecular weight excluding hydrogens is 266 g/mol. The van der Waals surface area contributed by atoms with Crippen LogP contribution in [0.1, 0.15) is 42.6 Å². The molecule has 1 aliphatic heterocycles. The summed E-state index contributed by atoms with van der Waals surface area (Å²) in [6, 6.07) is 7.78. The van der Waals surface area contributed by atoms with Crippen molar-refractivity contribution in [3.8, 4) is 0 Å². The van der Waals surface area contributed by atoms with Crippen molar-refractivity contribution in [1.82, 2.24) is 4.90 Å². The van der Waals surface area contributed by atoms with E-state index < -0.39 is 5.97 Å². The highest BCUT2D eigenvalue weighted by atomic mass is 16.4. The smallest absolute Gasteiger partial charge is 0.306 e. The maximum Gasteiger partial charge on any atom is 0.306 e. The zero-order valence-corrected chi connectivity index (χ0v) is 12.7. The van der Waals surface area contributed by atoms with Gasteiger partial charge in [-0.15, -0.1) is 0 Å². The van der Waals surface area contributed by atoms with Crippen molar-refractivity contribution in [3.05, 3.63) is 35.4 Å². The summed E-state index contributed by atoms with van der Waals surface area (Å²) in [6.07, 6.45) is 2.11. The molecule has 4 heteroatoms. The molecule has 21 heavy (non-hydrogen) atoms. The average Bonchev–Trinajstić information content (AvgIpc) is 2.47. The average molecular weight is 289 g/mol. The third-order valence-corrected chi connectivity index (χ3v) is 3.98. The van der Waals surface area contributed by atoms with E-state index in [0.717, 1.165) is 6.42 Å². The fourth-order valence-corrected chi connectivity index (χ4v) is 2.77. The zero-order chi connectivity index (χ0) is 15.4. The Balaban J connectivity index is 1.96. The fourth-order valence-electron chi connectivity index (χ4n) is 2.77. The second-order valence-corrected chi connectivity index (χ2v) is 6.20. The third kappa shape index (κ3) is 4.06. The van der Waals surface area contributed by atoms with Crippen LogP contribution in [0.2, 0.25) is 0 Å². The molecule has 114 valence electrons. The number of carboxylic acids is 1. The largest absolute Gasteiger partial charge is 0.481 e. The summed E-state index contributed by atoms with van der Waals surface area (Å²) in [5.74, 6) is -0.445. The lowest BCUT2D eigenvalue weighted by Crippen LogP contribution is -2.40. The predicted molar refractivity (Wildman–Crippen MR) is 81.2 cm³/mol. The molecule has 1 aromatic rings. The number of amides is 1. The van der Waals surface area contributed by atoms with Crippen LogP contribution in [0.5, 0.6) is 0 Å². The van der Waals surface area contributed by atoms with Gasteiger partial charge in [0.2, 0.25) is 0 Å². The summed E-state index contributed by atoms with van der Waals surface area (Å²) < 4.78 is 0. The van der Waals surface area contributed by atoms with Gasteiger partial charge in [-0.3, -0.25) is 9.59 Å². The molecular formula is C17H23NO3. The topological polar surface area (TPSA) is 57.6 Å². The highest BCUT2D eigenvalue weighted by Crippen LogP contribution is 2.19. The molecule has 0 aromatic heterocycles. The molecule has 4 nitrogen and oxygen atoms in total. The van der Waals surface area contributed by atoms with Crippen LogP contribution in [-0.4, -0.2) is 35.0 Å². The van der Waals surface area contributed by atoms with Crippen molar-refractivity contribution < 1.29 is 14.7 Å². The van der Waals surface area contributed by atoms with Crippen LogP contribution in [0.4, 0.5) is 0 Å². The molecule has 0 saturated carbocycles. The van der Waals surface area contributed by atoms with E-state index in [1.54, 1.807) is 4.90 Å². The number of piperidine rings is 1. The Morgan fingerprint density at radius 3 is 2.24 bits per heavy atom. The number of nitrogens with zero attached hydrogens (tertiary/aromatic N) is 1. The van der Waals surface area contributed by atoms with Crippen LogP contribution in [0, 0.1) is 11.8 Å². The zero-order valence-electron chi connectivity index (χ0n) is 12.7. The molecule has 1 saturated heterocycles. The first-order valence-corrected chi connectivity index (χ1v) is 7.58. The second kappa shape index (κ2) is 6.74. The molecule has 1 heterocycles. The number of aliphatic carboxylic acids is 1. The van der Waals surface area contributed by atoms with Gasteiger partial charge in [0.15, 0.2) is 0 Å². The first-order chi connectivity index (χ1) is 9.97. The summed E-state index contributed by atoms with van der Waals surface area (Å²) >= 11 is 0. The van der Waals surface area contributed by atoms with Crippen molar-refractivity contribution in [2.24, 2.45) is 11.8 Å². The molecule has 1 aromatic carbocycles. The molecule has 0 unspecified atom stereocenters. The Morgan fingerprint density at radius 2 is 1.76 bits per heavy atom. The predicted octanol–water partition coefficient (Wildman–Crippen LogP) is 2.82. The third-order valence-electron chi connectivity index (χ3n) is 3.98. The Kier molecular flexibility index (Phi) is 4.99. The van der Waals surface area contributed by atoms with Crippen molar-refractivity contribution in [2.45, 2.75) is 33.1 Å². The quantitative estimate of drug-likeness (QED) is 0.927. The number of likely N-dealkylation sites (tertiary alicyclic amines) is 1. The number of benzene rings is 1. The van der Waals surface area contributed by atoms with Crippen LogP contribution in [0.3, 0.4) is 0 Å². The van der Waals surface area contributed by atoms with Gasteiger partial charge in [0.1, 0.15) is 0 Å². The van der Waals surface area contributed by atoms with Gasteiger partial charge in [-0.2, -0.15) is 0 Å². The normalized spacial score (nSPS) is 16.2. The van der Waals surface area contributed by atoms with E-state index in [4.69, 9.17) is 5.11 Å². The van der Waals surface area contributed by atoms with E-state index >= 15 is 0 Å². The van der Waals surface area contributed by atoms with Gasteiger partial charge < -0.3 is 10.0 Å². The van der Waals surface area contributed by atoms with E-state index in [-0.39, 0.29) is 11.8 Å². The van der Waals surface area contributed by atoms with Crippen LogP contribution in [0.25, 0.3) is 0 Å². The van der Waals surface area contributed by atoms with E-state index in [9.17, 15) is 9.59 Å². The molecule has 1 amide bonds. The second-order valence-electron chi connectivity index (χ2n) is 6.20.